The van der Waals surface area contributed by atoms with Crippen molar-refractivity contribution < 1.29 is 13.2 Å². The van der Waals surface area contributed by atoms with Crippen LogP contribution < -0.4 is 4.90 Å². The Balaban J connectivity index is 1.93. The van der Waals surface area contributed by atoms with E-state index in [0.717, 1.165) is 18.0 Å². The van der Waals surface area contributed by atoms with E-state index < -0.39 is 11.7 Å². The van der Waals surface area contributed by atoms with Crippen LogP contribution in [-0.4, -0.2) is 21.1 Å². The number of alkyl halides is 3. The van der Waals surface area contributed by atoms with Crippen molar-refractivity contribution in [3.05, 3.63) is 41.1 Å². The van der Waals surface area contributed by atoms with Crippen LogP contribution in [0.4, 0.5) is 19.0 Å². The Morgan fingerprint density at radius 3 is 2.75 bits per heavy atom. The first kappa shape index (κ1) is 13.2. The number of rotatable bonds is 1. The summed E-state index contributed by atoms with van der Waals surface area (Å²) in [5.74, 6) is 1.02. The minimum absolute atomic E-state index is 0.163. The minimum Gasteiger partial charge on any atom is -0.347 e. The molecule has 0 fully saturated rings. The molecule has 0 atom stereocenters. The van der Waals surface area contributed by atoms with Gasteiger partial charge in [-0.1, -0.05) is 11.6 Å². The van der Waals surface area contributed by atoms with Gasteiger partial charge in [0.1, 0.15) is 16.8 Å². The van der Waals surface area contributed by atoms with E-state index in [2.05, 4.69) is 9.97 Å². The van der Waals surface area contributed by atoms with Crippen LogP contribution in [0.3, 0.4) is 0 Å². The largest absolute Gasteiger partial charge is 0.416 e. The Hall–Kier alpha value is -1.76. The van der Waals surface area contributed by atoms with Gasteiger partial charge in [-0.15, -0.1) is 0 Å². The highest BCUT2D eigenvalue weighted by Crippen LogP contribution is 2.33. The van der Waals surface area contributed by atoms with E-state index in [0.29, 0.717) is 19.6 Å². The second kappa shape index (κ2) is 4.66. The lowest BCUT2D eigenvalue weighted by Gasteiger charge is -2.29. The normalized spacial score (nSPS) is 15.3. The van der Waals surface area contributed by atoms with Crippen LogP contribution in [0.25, 0.3) is 0 Å². The first-order valence-corrected chi connectivity index (χ1v) is 6.31. The monoisotopic (exact) mass is 302 g/mol. The number of anilines is 1. The number of nitrogens with zero attached hydrogens (tertiary/aromatic N) is 4. The van der Waals surface area contributed by atoms with Gasteiger partial charge in [-0.25, -0.2) is 9.97 Å². The molecule has 0 saturated heterocycles. The Labute approximate surface area is 117 Å². The Morgan fingerprint density at radius 2 is 2.00 bits per heavy atom. The third-order valence-electron chi connectivity index (χ3n) is 3.18. The first-order chi connectivity index (χ1) is 9.43. The molecule has 3 rings (SSSR count). The number of aromatic nitrogens is 3. The maximum absolute atomic E-state index is 12.8. The summed E-state index contributed by atoms with van der Waals surface area (Å²) in [6, 6.07) is 1.85. The van der Waals surface area contributed by atoms with Crippen LogP contribution in [0.2, 0.25) is 5.15 Å². The summed E-state index contributed by atoms with van der Waals surface area (Å²) >= 11 is 5.70. The van der Waals surface area contributed by atoms with Gasteiger partial charge < -0.3 is 9.47 Å². The van der Waals surface area contributed by atoms with Crippen LogP contribution in [0.5, 0.6) is 0 Å². The van der Waals surface area contributed by atoms with Gasteiger partial charge in [0, 0.05) is 25.5 Å². The highest BCUT2D eigenvalue weighted by Gasteiger charge is 2.32. The zero-order chi connectivity index (χ0) is 14.3. The molecule has 0 unspecified atom stereocenters. The van der Waals surface area contributed by atoms with Crippen molar-refractivity contribution >= 4 is 17.4 Å². The number of imidazole rings is 1. The van der Waals surface area contributed by atoms with Crippen LogP contribution in [0.1, 0.15) is 11.4 Å². The number of pyridine rings is 1. The van der Waals surface area contributed by atoms with Crippen LogP contribution in [-0.2, 0) is 19.3 Å². The molecular formula is C12H10ClF3N4. The number of hydrogen-bond acceptors (Lipinski definition) is 3. The minimum atomic E-state index is -4.43. The lowest BCUT2D eigenvalue weighted by atomic mass is 10.2. The lowest BCUT2D eigenvalue weighted by Crippen LogP contribution is -2.34. The SMILES string of the molecule is FC(F)(F)c1cc(Cl)nc(N2CCn3ccnc3C2)c1. The molecule has 3 heterocycles. The molecule has 4 nitrogen and oxygen atoms in total. The zero-order valence-electron chi connectivity index (χ0n) is 10.2. The van der Waals surface area contributed by atoms with Crippen molar-refractivity contribution in [2.24, 2.45) is 0 Å². The highest BCUT2D eigenvalue weighted by molar-refractivity contribution is 6.29. The number of fused-ring (bicyclic) bond motifs is 1. The molecule has 1 aliphatic rings. The summed E-state index contributed by atoms with van der Waals surface area (Å²) in [6.07, 6.45) is -0.916. The van der Waals surface area contributed by atoms with Crippen molar-refractivity contribution in [1.82, 2.24) is 14.5 Å². The second-order valence-electron chi connectivity index (χ2n) is 4.49. The van der Waals surface area contributed by atoms with E-state index in [9.17, 15) is 13.2 Å². The zero-order valence-corrected chi connectivity index (χ0v) is 11.0. The average Bonchev–Trinajstić information content (AvgIpc) is 2.84. The molecule has 0 aliphatic carbocycles. The molecule has 2 aromatic rings. The third-order valence-corrected chi connectivity index (χ3v) is 3.37. The average molecular weight is 303 g/mol. The van der Waals surface area contributed by atoms with Gasteiger partial charge in [-0.2, -0.15) is 13.2 Å². The number of halogens is 4. The molecule has 0 radical (unpaired) electrons. The Bertz CT molecular complexity index is 638. The maximum Gasteiger partial charge on any atom is 0.416 e. The molecule has 0 spiro atoms. The molecule has 0 N–H and O–H groups in total. The molecule has 8 heteroatoms. The predicted molar refractivity (Wildman–Crippen MR) is 67.5 cm³/mol. The first-order valence-electron chi connectivity index (χ1n) is 5.93. The summed E-state index contributed by atoms with van der Waals surface area (Å²) in [5, 5.41) is -0.163. The summed E-state index contributed by atoms with van der Waals surface area (Å²) in [4.78, 5) is 9.89. The van der Waals surface area contributed by atoms with Gasteiger partial charge in [-0.3, -0.25) is 0 Å². The smallest absolute Gasteiger partial charge is 0.347 e. The summed E-state index contributed by atoms with van der Waals surface area (Å²) < 4.78 is 40.3. The van der Waals surface area contributed by atoms with E-state index in [1.807, 2.05) is 10.8 Å². The summed E-state index contributed by atoms with van der Waals surface area (Å²) in [6.45, 7) is 1.64. The Kier molecular flexibility index (Phi) is 3.08. The van der Waals surface area contributed by atoms with Crippen LogP contribution in [0, 0.1) is 0 Å². The Morgan fingerprint density at radius 1 is 1.20 bits per heavy atom. The second-order valence-corrected chi connectivity index (χ2v) is 4.88. The van der Waals surface area contributed by atoms with Crippen molar-refractivity contribution in [3.8, 4) is 0 Å². The fraction of sp³-hybridized carbons (Fsp3) is 0.333. The predicted octanol–water partition coefficient (Wildman–Crippen LogP) is 2.97. The topological polar surface area (TPSA) is 34.0 Å². The quantitative estimate of drug-likeness (QED) is 0.760. The number of hydrogen-bond donors (Lipinski definition) is 0. The van der Waals surface area contributed by atoms with Crippen molar-refractivity contribution in [2.75, 3.05) is 11.4 Å². The van der Waals surface area contributed by atoms with E-state index in [4.69, 9.17) is 11.6 Å². The van der Waals surface area contributed by atoms with Crippen molar-refractivity contribution in [3.63, 3.8) is 0 Å². The van der Waals surface area contributed by atoms with E-state index in [1.54, 1.807) is 11.1 Å². The fourth-order valence-corrected chi connectivity index (χ4v) is 2.38. The fourth-order valence-electron chi connectivity index (χ4n) is 2.18. The molecule has 0 bridgehead atoms. The lowest BCUT2D eigenvalue weighted by molar-refractivity contribution is -0.137. The molecule has 0 aromatic carbocycles. The van der Waals surface area contributed by atoms with Gasteiger partial charge in [0.05, 0.1) is 12.1 Å². The standard InChI is InChI=1S/C12H10ClF3N4/c13-9-5-8(12(14,15)16)6-10(18-9)20-4-3-19-2-1-17-11(19)7-20/h1-2,5-6H,3-4,7H2. The van der Waals surface area contributed by atoms with Crippen molar-refractivity contribution in [2.45, 2.75) is 19.3 Å². The van der Waals surface area contributed by atoms with Gasteiger partial charge in [-0.05, 0) is 12.1 Å². The van der Waals surface area contributed by atoms with Crippen LogP contribution in [0.15, 0.2) is 24.5 Å². The molecule has 20 heavy (non-hydrogen) atoms. The maximum atomic E-state index is 12.8. The molecule has 0 amide bonds. The van der Waals surface area contributed by atoms with Gasteiger partial charge in [0.2, 0.25) is 0 Å². The summed E-state index contributed by atoms with van der Waals surface area (Å²) in [7, 11) is 0. The van der Waals surface area contributed by atoms with E-state index >= 15 is 0 Å². The molecular weight excluding hydrogens is 293 g/mol. The third kappa shape index (κ3) is 2.45. The van der Waals surface area contributed by atoms with Gasteiger partial charge in [0.15, 0.2) is 0 Å². The highest BCUT2D eigenvalue weighted by atomic mass is 35.5. The molecule has 106 valence electrons. The molecule has 2 aromatic heterocycles. The van der Waals surface area contributed by atoms with Crippen molar-refractivity contribution in [1.29, 1.82) is 0 Å². The van der Waals surface area contributed by atoms with E-state index in [-0.39, 0.29) is 11.0 Å². The van der Waals surface area contributed by atoms with Crippen LogP contribution >= 0.6 is 11.6 Å². The van der Waals surface area contributed by atoms with Gasteiger partial charge in [0.25, 0.3) is 0 Å². The summed E-state index contributed by atoms with van der Waals surface area (Å²) in [5.41, 5.74) is -0.790. The molecule has 1 aliphatic heterocycles. The van der Waals surface area contributed by atoms with Gasteiger partial charge >= 0.3 is 6.18 Å². The molecule has 0 saturated carbocycles. The van der Waals surface area contributed by atoms with E-state index in [1.165, 1.54) is 0 Å².